The molecule has 2 aromatic rings. The molecule has 0 aliphatic heterocycles. The fraction of sp³-hybridized carbons (Fsp3) is 0.412. The van der Waals surface area contributed by atoms with Gasteiger partial charge in [0.15, 0.2) is 0 Å². The van der Waals surface area contributed by atoms with E-state index >= 15 is 0 Å². The number of rotatable bonds is 6. The second-order valence-corrected chi connectivity index (χ2v) is 6.94. The Bertz CT molecular complexity index is 716. The second-order valence-electron chi connectivity index (χ2n) is 5.50. The summed E-state index contributed by atoms with van der Waals surface area (Å²) < 4.78 is 21.1. The molecule has 0 aliphatic carbocycles. The lowest BCUT2D eigenvalue weighted by atomic mass is 10.1. The molecular weight excluding hydrogens is 345 g/mol. The summed E-state index contributed by atoms with van der Waals surface area (Å²) >= 11 is 6.55. The van der Waals surface area contributed by atoms with E-state index in [9.17, 15) is 4.39 Å². The van der Waals surface area contributed by atoms with Gasteiger partial charge in [-0.2, -0.15) is 0 Å². The molecule has 0 fully saturated rings. The molecule has 130 valence electrons. The summed E-state index contributed by atoms with van der Waals surface area (Å²) in [6, 6.07) is 6.60. The molecular formula is C17H22FN3OS2. The van der Waals surface area contributed by atoms with Gasteiger partial charge in [0.05, 0.1) is 5.69 Å². The molecule has 0 amide bonds. The van der Waals surface area contributed by atoms with Crippen LogP contribution in [0.3, 0.4) is 0 Å². The van der Waals surface area contributed by atoms with E-state index in [1.807, 2.05) is 6.07 Å². The number of ether oxygens (including phenoxy) is 1. The first-order valence-corrected chi connectivity index (χ1v) is 9.05. The number of nitrogens with one attached hydrogen (secondary N) is 1. The van der Waals surface area contributed by atoms with Crippen LogP contribution in [0.2, 0.25) is 0 Å². The SMILES string of the molecule is CCn1c(COC(=S)NC)nc(C(C)C)c1Sc1cccc(F)c1. The summed E-state index contributed by atoms with van der Waals surface area (Å²) in [7, 11) is 1.72. The normalized spacial score (nSPS) is 10.9. The van der Waals surface area contributed by atoms with Gasteiger partial charge in [-0.1, -0.05) is 31.7 Å². The lowest BCUT2D eigenvalue weighted by molar-refractivity contribution is 0.272. The Hall–Kier alpha value is -1.60. The molecule has 1 heterocycles. The minimum Gasteiger partial charge on any atom is -0.463 e. The first kappa shape index (κ1) is 18.7. The van der Waals surface area contributed by atoms with Gasteiger partial charge < -0.3 is 14.6 Å². The van der Waals surface area contributed by atoms with Crippen molar-refractivity contribution in [2.75, 3.05) is 7.05 Å². The van der Waals surface area contributed by atoms with Gasteiger partial charge in [-0.15, -0.1) is 0 Å². The van der Waals surface area contributed by atoms with E-state index in [-0.39, 0.29) is 11.7 Å². The number of imidazole rings is 1. The molecule has 1 N–H and O–H groups in total. The van der Waals surface area contributed by atoms with Gasteiger partial charge in [0.2, 0.25) is 0 Å². The fourth-order valence-corrected chi connectivity index (χ4v) is 3.60. The van der Waals surface area contributed by atoms with Crippen molar-refractivity contribution >= 4 is 29.2 Å². The van der Waals surface area contributed by atoms with Crippen molar-refractivity contribution in [1.29, 1.82) is 0 Å². The highest BCUT2D eigenvalue weighted by Crippen LogP contribution is 2.35. The fourth-order valence-electron chi connectivity index (χ4n) is 2.27. The van der Waals surface area contributed by atoms with Crippen LogP contribution in [-0.2, 0) is 17.9 Å². The molecule has 0 saturated carbocycles. The van der Waals surface area contributed by atoms with Crippen LogP contribution in [0.25, 0.3) is 0 Å². The maximum Gasteiger partial charge on any atom is 0.256 e. The minimum absolute atomic E-state index is 0.239. The van der Waals surface area contributed by atoms with Gasteiger partial charge in [0.1, 0.15) is 23.3 Å². The second kappa shape index (κ2) is 8.48. The highest BCUT2D eigenvalue weighted by Gasteiger charge is 2.20. The van der Waals surface area contributed by atoms with Crippen molar-refractivity contribution in [3.8, 4) is 0 Å². The average Bonchev–Trinajstić information content (AvgIpc) is 2.90. The quantitative estimate of drug-likeness (QED) is 0.769. The smallest absolute Gasteiger partial charge is 0.256 e. The topological polar surface area (TPSA) is 39.1 Å². The lowest BCUT2D eigenvalue weighted by Gasteiger charge is -2.12. The zero-order valence-electron chi connectivity index (χ0n) is 14.3. The van der Waals surface area contributed by atoms with Crippen LogP contribution in [0, 0.1) is 5.82 Å². The van der Waals surface area contributed by atoms with Gasteiger partial charge in [-0.05, 0) is 43.3 Å². The van der Waals surface area contributed by atoms with Crippen molar-refractivity contribution in [3.63, 3.8) is 0 Å². The van der Waals surface area contributed by atoms with Gasteiger partial charge >= 0.3 is 0 Å². The van der Waals surface area contributed by atoms with E-state index in [0.717, 1.165) is 28.0 Å². The number of thiocarbonyl (C=S) groups is 1. The summed E-state index contributed by atoms with van der Waals surface area (Å²) in [6.07, 6.45) is 0. The first-order valence-electron chi connectivity index (χ1n) is 7.83. The number of hydrogen-bond donors (Lipinski definition) is 1. The van der Waals surface area contributed by atoms with E-state index in [0.29, 0.717) is 11.8 Å². The molecule has 0 spiro atoms. The summed E-state index contributed by atoms with van der Waals surface area (Å²) in [6.45, 7) is 7.31. The van der Waals surface area contributed by atoms with Gasteiger partial charge in [0, 0.05) is 18.5 Å². The monoisotopic (exact) mass is 367 g/mol. The Morgan fingerprint density at radius 1 is 1.46 bits per heavy atom. The Balaban J connectivity index is 2.36. The zero-order chi connectivity index (χ0) is 17.7. The highest BCUT2D eigenvalue weighted by molar-refractivity contribution is 7.99. The number of benzene rings is 1. The Morgan fingerprint density at radius 3 is 2.79 bits per heavy atom. The molecule has 0 unspecified atom stereocenters. The highest BCUT2D eigenvalue weighted by atomic mass is 32.2. The first-order chi connectivity index (χ1) is 11.5. The largest absolute Gasteiger partial charge is 0.463 e. The summed E-state index contributed by atoms with van der Waals surface area (Å²) in [5.41, 5.74) is 0.986. The molecule has 0 bridgehead atoms. The summed E-state index contributed by atoms with van der Waals surface area (Å²) in [5, 5.41) is 4.15. The van der Waals surface area contributed by atoms with Gasteiger partial charge in [0.25, 0.3) is 5.17 Å². The van der Waals surface area contributed by atoms with Crippen LogP contribution in [0.4, 0.5) is 4.39 Å². The predicted octanol–water partition coefficient (Wildman–Crippen LogP) is 4.34. The molecule has 0 radical (unpaired) electrons. The standard InChI is InChI=1S/C17H22FN3OS2/c1-5-21-14(10-22-17(23)19-4)20-15(11(2)3)16(21)24-13-8-6-7-12(18)9-13/h6-9,11H,5,10H2,1-4H3,(H,19,23). The molecule has 2 rings (SSSR count). The van der Waals surface area contributed by atoms with Crippen LogP contribution in [0.5, 0.6) is 0 Å². The molecule has 7 heteroatoms. The van der Waals surface area contributed by atoms with Crippen LogP contribution in [-0.4, -0.2) is 21.8 Å². The molecule has 0 atom stereocenters. The maximum atomic E-state index is 13.5. The summed E-state index contributed by atoms with van der Waals surface area (Å²) in [4.78, 5) is 5.59. The molecule has 0 saturated heterocycles. The van der Waals surface area contributed by atoms with Crippen molar-refractivity contribution < 1.29 is 9.13 Å². The third-order valence-corrected chi connectivity index (χ3v) is 4.87. The minimum atomic E-state index is -0.239. The van der Waals surface area contributed by atoms with E-state index in [4.69, 9.17) is 21.9 Å². The van der Waals surface area contributed by atoms with Crippen molar-refractivity contribution in [3.05, 3.63) is 41.6 Å². The van der Waals surface area contributed by atoms with E-state index in [1.165, 1.54) is 23.9 Å². The van der Waals surface area contributed by atoms with E-state index in [1.54, 1.807) is 13.1 Å². The lowest BCUT2D eigenvalue weighted by Crippen LogP contribution is -2.19. The summed E-state index contributed by atoms with van der Waals surface area (Å²) in [5.74, 6) is 0.832. The molecule has 4 nitrogen and oxygen atoms in total. The Kier molecular flexibility index (Phi) is 6.62. The molecule has 1 aromatic carbocycles. The van der Waals surface area contributed by atoms with Crippen LogP contribution < -0.4 is 5.32 Å². The number of hydrogen-bond acceptors (Lipinski definition) is 4. The van der Waals surface area contributed by atoms with Crippen LogP contribution in [0.1, 0.15) is 38.2 Å². The third-order valence-electron chi connectivity index (χ3n) is 3.44. The van der Waals surface area contributed by atoms with E-state index in [2.05, 4.69) is 30.7 Å². The molecule has 24 heavy (non-hydrogen) atoms. The predicted molar refractivity (Wildman–Crippen MR) is 99.0 cm³/mol. The maximum absolute atomic E-state index is 13.5. The van der Waals surface area contributed by atoms with Crippen LogP contribution >= 0.6 is 24.0 Å². The number of nitrogens with zero attached hydrogens (tertiary/aromatic N) is 2. The Morgan fingerprint density at radius 2 is 2.21 bits per heavy atom. The number of halogens is 1. The van der Waals surface area contributed by atoms with Gasteiger partial charge in [-0.3, -0.25) is 0 Å². The number of aromatic nitrogens is 2. The van der Waals surface area contributed by atoms with E-state index < -0.39 is 0 Å². The van der Waals surface area contributed by atoms with Gasteiger partial charge in [-0.25, -0.2) is 9.37 Å². The zero-order valence-corrected chi connectivity index (χ0v) is 15.9. The van der Waals surface area contributed by atoms with Crippen molar-refractivity contribution in [2.24, 2.45) is 0 Å². The van der Waals surface area contributed by atoms with Crippen molar-refractivity contribution in [1.82, 2.24) is 14.9 Å². The molecule has 1 aromatic heterocycles. The third kappa shape index (κ3) is 4.48. The average molecular weight is 368 g/mol. The van der Waals surface area contributed by atoms with Crippen LogP contribution in [0.15, 0.2) is 34.2 Å². The molecule has 0 aliphatic rings. The Labute approximate surface area is 151 Å². The van der Waals surface area contributed by atoms with Crippen molar-refractivity contribution in [2.45, 2.75) is 49.8 Å².